The average molecular weight is 376 g/mol. The molecule has 0 atom stereocenters. The van der Waals surface area contributed by atoms with Gasteiger partial charge in [0.15, 0.2) is 5.82 Å². The Labute approximate surface area is 162 Å². The number of rotatable bonds is 4. The number of nitrogens with one attached hydrogen (secondary N) is 1. The minimum Gasteiger partial charge on any atom is -0.349 e. The lowest BCUT2D eigenvalue weighted by atomic mass is 10.0. The Morgan fingerprint density at radius 3 is 2.43 bits per heavy atom. The van der Waals surface area contributed by atoms with Gasteiger partial charge in [-0.05, 0) is 37.1 Å². The van der Waals surface area contributed by atoms with Gasteiger partial charge in [-0.25, -0.2) is 14.6 Å². The van der Waals surface area contributed by atoms with E-state index in [2.05, 4.69) is 20.4 Å². The van der Waals surface area contributed by atoms with Gasteiger partial charge in [-0.2, -0.15) is 5.10 Å². The van der Waals surface area contributed by atoms with E-state index in [1.807, 2.05) is 18.2 Å². The van der Waals surface area contributed by atoms with Crippen molar-refractivity contribution in [2.24, 2.45) is 0 Å². The first-order valence-electron chi connectivity index (χ1n) is 9.17. The zero-order valence-corrected chi connectivity index (χ0v) is 15.2. The molecule has 142 valence electrons. The van der Waals surface area contributed by atoms with Crippen LogP contribution in [0.3, 0.4) is 0 Å². The second-order valence-electron chi connectivity index (χ2n) is 6.65. The first-order valence-corrected chi connectivity index (χ1v) is 9.17. The van der Waals surface area contributed by atoms with Crippen molar-refractivity contribution in [1.29, 1.82) is 0 Å². The lowest BCUT2D eigenvalue weighted by Crippen LogP contribution is -2.46. The fraction of sp³-hybridized carbons (Fsp3) is 0.250. The normalized spacial score (nSPS) is 14.6. The number of likely N-dealkylation sites (tertiary alicyclic amines) is 1. The van der Waals surface area contributed by atoms with E-state index in [-0.39, 0.29) is 17.9 Å². The molecule has 0 spiro atoms. The molecule has 8 heteroatoms. The standard InChI is InChI=1S/C20H20N6O2/c27-19(15-4-2-1-3-5-15)24-17-8-10-25(11-9-17)20(28)16-6-7-18(22-12-16)26-14-21-13-23-26/h1-7,12-14,17H,8-11H2,(H,24,27). The number of pyridine rings is 1. The number of benzene rings is 1. The number of aromatic nitrogens is 4. The van der Waals surface area contributed by atoms with Gasteiger partial charge in [0.05, 0.1) is 5.56 Å². The summed E-state index contributed by atoms with van der Waals surface area (Å²) in [6.07, 6.45) is 6.01. The average Bonchev–Trinajstić information content (AvgIpc) is 3.29. The van der Waals surface area contributed by atoms with Crippen LogP contribution in [0.1, 0.15) is 33.6 Å². The van der Waals surface area contributed by atoms with Crippen molar-refractivity contribution in [3.05, 3.63) is 72.4 Å². The van der Waals surface area contributed by atoms with Crippen molar-refractivity contribution in [2.75, 3.05) is 13.1 Å². The Morgan fingerprint density at radius 1 is 1.00 bits per heavy atom. The zero-order valence-electron chi connectivity index (χ0n) is 15.2. The summed E-state index contributed by atoms with van der Waals surface area (Å²) in [5, 5.41) is 7.07. The molecule has 0 saturated carbocycles. The highest BCUT2D eigenvalue weighted by Gasteiger charge is 2.25. The summed E-state index contributed by atoms with van der Waals surface area (Å²) in [5.74, 6) is 0.486. The molecule has 8 nitrogen and oxygen atoms in total. The number of hydrogen-bond donors (Lipinski definition) is 1. The number of piperidine rings is 1. The molecule has 1 N–H and O–H groups in total. The van der Waals surface area contributed by atoms with Crippen LogP contribution in [-0.2, 0) is 0 Å². The van der Waals surface area contributed by atoms with E-state index in [1.54, 1.807) is 41.7 Å². The second-order valence-corrected chi connectivity index (χ2v) is 6.65. The van der Waals surface area contributed by atoms with Gasteiger partial charge in [0.25, 0.3) is 11.8 Å². The molecule has 2 amide bonds. The van der Waals surface area contributed by atoms with Crippen LogP contribution in [0.2, 0.25) is 0 Å². The third kappa shape index (κ3) is 3.90. The molecular formula is C20H20N6O2. The van der Waals surface area contributed by atoms with Gasteiger partial charge in [-0.15, -0.1) is 0 Å². The van der Waals surface area contributed by atoms with Gasteiger partial charge in [0.2, 0.25) is 0 Å². The molecule has 1 fully saturated rings. The molecule has 3 heterocycles. The van der Waals surface area contributed by atoms with Crippen LogP contribution in [0.25, 0.3) is 5.82 Å². The van der Waals surface area contributed by atoms with Crippen molar-refractivity contribution >= 4 is 11.8 Å². The second kappa shape index (κ2) is 7.99. The van der Waals surface area contributed by atoms with Crippen molar-refractivity contribution < 1.29 is 9.59 Å². The maximum atomic E-state index is 12.7. The maximum Gasteiger partial charge on any atom is 0.255 e. The van der Waals surface area contributed by atoms with Crippen LogP contribution >= 0.6 is 0 Å². The van der Waals surface area contributed by atoms with Gasteiger partial charge < -0.3 is 10.2 Å². The Balaban J connectivity index is 1.32. The van der Waals surface area contributed by atoms with Crippen LogP contribution in [0.4, 0.5) is 0 Å². The lowest BCUT2D eigenvalue weighted by Gasteiger charge is -2.32. The Hall–Kier alpha value is -3.55. The summed E-state index contributed by atoms with van der Waals surface area (Å²) in [7, 11) is 0. The fourth-order valence-electron chi connectivity index (χ4n) is 3.24. The van der Waals surface area contributed by atoms with E-state index in [0.29, 0.717) is 30.0 Å². The molecule has 1 aromatic carbocycles. The summed E-state index contributed by atoms with van der Waals surface area (Å²) >= 11 is 0. The van der Waals surface area contributed by atoms with Gasteiger partial charge >= 0.3 is 0 Å². The quantitative estimate of drug-likeness (QED) is 0.748. The van der Waals surface area contributed by atoms with Crippen molar-refractivity contribution in [3.63, 3.8) is 0 Å². The third-order valence-electron chi connectivity index (χ3n) is 4.80. The smallest absolute Gasteiger partial charge is 0.255 e. The molecule has 0 aliphatic carbocycles. The van der Waals surface area contributed by atoms with Crippen molar-refractivity contribution in [2.45, 2.75) is 18.9 Å². The van der Waals surface area contributed by atoms with Gasteiger partial charge in [-0.3, -0.25) is 9.59 Å². The molecule has 28 heavy (non-hydrogen) atoms. The summed E-state index contributed by atoms with van der Waals surface area (Å²) in [4.78, 5) is 34.9. The number of carbonyl (C=O) groups is 2. The van der Waals surface area contributed by atoms with E-state index < -0.39 is 0 Å². The first kappa shape index (κ1) is 17.8. The van der Waals surface area contributed by atoms with Crippen molar-refractivity contribution in [3.8, 4) is 5.82 Å². The fourth-order valence-corrected chi connectivity index (χ4v) is 3.24. The maximum absolute atomic E-state index is 12.7. The van der Waals surface area contributed by atoms with Crippen molar-refractivity contribution in [1.82, 2.24) is 30.0 Å². The number of carbonyl (C=O) groups excluding carboxylic acids is 2. The van der Waals surface area contributed by atoms with Gasteiger partial charge in [-0.1, -0.05) is 18.2 Å². The Kier molecular flexibility index (Phi) is 5.09. The zero-order chi connectivity index (χ0) is 19.3. The minimum atomic E-state index is -0.0710. The minimum absolute atomic E-state index is 0.0505. The molecule has 0 bridgehead atoms. The molecular weight excluding hydrogens is 356 g/mol. The van der Waals surface area contributed by atoms with E-state index >= 15 is 0 Å². The molecule has 3 aromatic rings. The van der Waals surface area contributed by atoms with Gasteiger partial charge in [0, 0.05) is 30.9 Å². The summed E-state index contributed by atoms with van der Waals surface area (Å²) in [5.41, 5.74) is 1.19. The van der Waals surface area contributed by atoms with E-state index in [9.17, 15) is 9.59 Å². The van der Waals surface area contributed by atoms with E-state index in [1.165, 1.54) is 11.0 Å². The SMILES string of the molecule is O=C(NC1CCN(C(=O)c2ccc(-n3cncn3)nc2)CC1)c1ccccc1. The topological polar surface area (TPSA) is 93.0 Å². The lowest BCUT2D eigenvalue weighted by molar-refractivity contribution is 0.0697. The van der Waals surface area contributed by atoms with Crippen LogP contribution in [0.15, 0.2) is 61.3 Å². The largest absolute Gasteiger partial charge is 0.349 e. The molecule has 2 aromatic heterocycles. The summed E-state index contributed by atoms with van der Waals surface area (Å²) in [6.45, 7) is 1.20. The highest BCUT2D eigenvalue weighted by Crippen LogP contribution is 2.15. The number of amides is 2. The summed E-state index contributed by atoms with van der Waals surface area (Å²) < 4.78 is 1.54. The molecule has 0 radical (unpaired) electrons. The van der Waals surface area contributed by atoms with Crippen LogP contribution in [0, 0.1) is 0 Å². The van der Waals surface area contributed by atoms with Crippen LogP contribution in [0.5, 0.6) is 0 Å². The van der Waals surface area contributed by atoms with Gasteiger partial charge in [0.1, 0.15) is 12.7 Å². The molecule has 4 rings (SSSR count). The summed E-state index contributed by atoms with van der Waals surface area (Å²) in [6, 6.07) is 12.7. The first-order chi connectivity index (χ1) is 13.7. The van der Waals surface area contributed by atoms with E-state index in [0.717, 1.165) is 12.8 Å². The predicted octanol–water partition coefficient (Wildman–Crippen LogP) is 1.70. The Morgan fingerprint density at radius 2 is 1.79 bits per heavy atom. The number of nitrogens with zero attached hydrogens (tertiary/aromatic N) is 5. The highest BCUT2D eigenvalue weighted by atomic mass is 16.2. The Bertz CT molecular complexity index is 933. The third-order valence-corrected chi connectivity index (χ3v) is 4.80. The molecule has 0 unspecified atom stereocenters. The van der Waals surface area contributed by atoms with E-state index in [4.69, 9.17) is 0 Å². The molecule has 1 aliphatic rings. The van der Waals surface area contributed by atoms with Crippen LogP contribution < -0.4 is 5.32 Å². The number of hydrogen-bond acceptors (Lipinski definition) is 5. The molecule has 1 aliphatic heterocycles. The monoisotopic (exact) mass is 376 g/mol. The molecule has 1 saturated heterocycles. The predicted molar refractivity (Wildman–Crippen MR) is 102 cm³/mol. The van der Waals surface area contributed by atoms with Crippen LogP contribution in [-0.4, -0.2) is 55.6 Å². The highest BCUT2D eigenvalue weighted by molar-refractivity contribution is 5.95.